The van der Waals surface area contributed by atoms with Crippen LogP contribution in [0.5, 0.6) is 0 Å². The van der Waals surface area contributed by atoms with Crippen molar-refractivity contribution < 1.29 is 4.39 Å². The predicted molar refractivity (Wildman–Crippen MR) is 76.7 cm³/mol. The van der Waals surface area contributed by atoms with Crippen LogP contribution in [0.25, 0.3) is 10.9 Å². The van der Waals surface area contributed by atoms with Gasteiger partial charge in [0.15, 0.2) is 5.82 Å². The Morgan fingerprint density at radius 2 is 2.32 bits per heavy atom. The fraction of sp³-hybridized carbons (Fsp3) is 0.0769. The fourth-order valence-corrected chi connectivity index (χ4v) is 2.47. The molecule has 0 saturated heterocycles. The molecule has 0 bridgehead atoms. The van der Waals surface area contributed by atoms with Gasteiger partial charge in [-0.25, -0.2) is 4.39 Å². The van der Waals surface area contributed by atoms with Crippen LogP contribution in [0.15, 0.2) is 34.8 Å². The standard InChI is InChI=1S/C13H11FN4S/c1-18-7-9-4-10(5-11(14)12(9)17-18)16-6-8-2-3-19-13(8)15/h2-7H,15H2,1H3. The number of halogens is 1. The Balaban J connectivity index is 2.01. The molecule has 19 heavy (non-hydrogen) atoms. The summed E-state index contributed by atoms with van der Waals surface area (Å²) in [4.78, 5) is 4.25. The van der Waals surface area contributed by atoms with Gasteiger partial charge in [0, 0.05) is 36.5 Å². The number of aryl methyl sites for hydroxylation is 1. The quantitative estimate of drug-likeness (QED) is 0.730. The van der Waals surface area contributed by atoms with Crippen molar-refractivity contribution >= 4 is 39.1 Å². The number of nitrogens with zero attached hydrogens (tertiary/aromatic N) is 3. The molecular formula is C13H11FN4S. The van der Waals surface area contributed by atoms with Crippen molar-refractivity contribution in [2.24, 2.45) is 12.0 Å². The molecule has 0 unspecified atom stereocenters. The topological polar surface area (TPSA) is 56.2 Å². The van der Waals surface area contributed by atoms with E-state index in [9.17, 15) is 4.39 Å². The van der Waals surface area contributed by atoms with Crippen LogP contribution >= 0.6 is 11.3 Å². The van der Waals surface area contributed by atoms with Gasteiger partial charge in [0.25, 0.3) is 0 Å². The van der Waals surface area contributed by atoms with E-state index in [-0.39, 0.29) is 5.82 Å². The van der Waals surface area contributed by atoms with Crippen LogP contribution < -0.4 is 5.73 Å². The molecule has 2 aromatic heterocycles. The van der Waals surface area contributed by atoms with Crippen LogP contribution in [-0.2, 0) is 7.05 Å². The Morgan fingerprint density at radius 1 is 1.47 bits per heavy atom. The molecule has 0 amide bonds. The first-order valence-electron chi connectivity index (χ1n) is 5.63. The van der Waals surface area contributed by atoms with E-state index in [1.54, 1.807) is 30.2 Å². The average molecular weight is 274 g/mol. The van der Waals surface area contributed by atoms with Crippen molar-refractivity contribution in [2.45, 2.75) is 0 Å². The van der Waals surface area contributed by atoms with Crippen LogP contribution in [0.1, 0.15) is 5.56 Å². The largest absolute Gasteiger partial charge is 0.390 e. The maximum atomic E-state index is 13.8. The highest BCUT2D eigenvalue weighted by atomic mass is 32.1. The lowest BCUT2D eigenvalue weighted by Crippen LogP contribution is -1.86. The van der Waals surface area contributed by atoms with Crippen LogP contribution in [0.2, 0.25) is 0 Å². The maximum absolute atomic E-state index is 13.8. The molecule has 0 aliphatic heterocycles. The van der Waals surface area contributed by atoms with Crippen LogP contribution in [0.3, 0.4) is 0 Å². The molecule has 2 N–H and O–H groups in total. The number of nitrogens with two attached hydrogens (primary N) is 1. The summed E-state index contributed by atoms with van der Waals surface area (Å²) in [5.74, 6) is -0.372. The van der Waals surface area contributed by atoms with Gasteiger partial charge in [0.1, 0.15) is 5.52 Å². The van der Waals surface area contributed by atoms with E-state index in [1.807, 2.05) is 11.4 Å². The smallest absolute Gasteiger partial charge is 0.153 e. The van der Waals surface area contributed by atoms with Gasteiger partial charge in [-0.15, -0.1) is 11.3 Å². The molecule has 1 aromatic carbocycles. The van der Waals surface area contributed by atoms with E-state index in [1.165, 1.54) is 17.4 Å². The molecule has 4 nitrogen and oxygen atoms in total. The number of hydrogen-bond acceptors (Lipinski definition) is 4. The van der Waals surface area contributed by atoms with Crippen molar-refractivity contribution in [1.29, 1.82) is 0 Å². The first-order valence-corrected chi connectivity index (χ1v) is 6.51. The first-order chi connectivity index (χ1) is 9.13. The Hall–Kier alpha value is -2.21. The lowest BCUT2D eigenvalue weighted by atomic mass is 10.2. The molecule has 3 aromatic rings. The molecular weight excluding hydrogens is 263 g/mol. The summed E-state index contributed by atoms with van der Waals surface area (Å²) >= 11 is 1.45. The molecule has 0 fully saturated rings. The van der Waals surface area contributed by atoms with E-state index in [2.05, 4.69) is 10.1 Å². The molecule has 0 spiro atoms. The lowest BCUT2D eigenvalue weighted by molar-refractivity contribution is 0.633. The number of nitrogen functional groups attached to an aromatic ring is 1. The summed E-state index contributed by atoms with van der Waals surface area (Å²) in [6.45, 7) is 0. The molecule has 96 valence electrons. The minimum absolute atomic E-state index is 0.358. The molecule has 6 heteroatoms. The van der Waals surface area contributed by atoms with E-state index in [0.29, 0.717) is 16.2 Å². The number of aromatic nitrogens is 2. The predicted octanol–water partition coefficient (Wildman–Crippen LogP) is 3.11. The van der Waals surface area contributed by atoms with Crippen molar-refractivity contribution in [3.63, 3.8) is 0 Å². The second kappa shape index (κ2) is 4.47. The van der Waals surface area contributed by atoms with E-state index < -0.39 is 0 Å². The van der Waals surface area contributed by atoms with Gasteiger partial charge in [-0.2, -0.15) is 5.10 Å². The second-order valence-corrected chi connectivity index (χ2v) is 5.11. The molecule has 2 heterocycles. The highest BCUT2D eigenvalue weighted by molar-refractivity contribution is 7.14. The average Bonchev–Trinajstić information content (AvgIpc) is 2.92. The van der Waals surface area contributed by atoms with Gasteiger partial charge in [-0.05, 0) is 17.5 Å². The summed E-state index contributed by atoms with van der Waals surface area (Å²) in [7, 11) is 1.76. The molecule has 0 atom stereocenters. The summed E-state index contributed by atoms with van der Waals surface area (Å²) in [6.07, 6.45) is 3.40. The molecule has 0 aliphatic carbocycles. The van der Waals surface area contributed by atoms with Gasteiger partial charge < -0.3 is 5.73 Å². The number of thiophene rings is 1. The van der Waals surface area contributed by atoms with Gasteiger partial charge in [-0.3, -0.25) is 9.67 Å². The normalized spacial score (nSPS) is 11.7. The zero-order chi connectivity index (χ0) is 13.4. The Morgan fingerprint density at radius 3 is 3.05 bits per heavy atom. The monoisotopic (exact) mass is 274 g/mol. The van der Waals surface area contributed by atoms with Crippen molar-refractivity contribution in [1.82, 2.24) is 9.78 Å². The van der Waals surface area contributed by atoms with Crippen molar-refractivity contribution in [3.8, 4) is 0 Å². The van der Waals surface area contributed by atoms with Gasteiger partial charge >= 0.3 is 0 Å². The van der Waals surface area contributed by atoms with E-state index >= 15 is 0 Å². The summed E-state index contributed by atoms with van der Waals surface area (Å²) < 4.78 is 15.4. The molecule has 0 radical (unpaired) electrons. The Labute approximate surface area is 113 Å². The molecule has 0 saturated carbocycles. The number of fused-ring (bicyclic) bond motifs is 1. The second-order valence-electron chi connectivity index (χ2n) is 4.17. The lowest BCUT2D eigenvalue weighted by Gasteiger charge is -1.96. The summed E-state index contributed by atoms with van der Waals surface area (Å²) in [5.41, 5.74) is 7.52. The maximum Gasteiger partial charge on any atom is 0.153 e. The number of hydrogen-bond donors (Lipinski definition) is 1. The summed E-state index contributed by atoms with van der Waals surface area (Å²) in [6, 6.07) is 5.04. The van der Waals surface area contributed by atoms with E-state index in [4.69, 9.17) is 5.73 Å². The molecule has 0 aliphatic rings. The highest BCUT2D eigenvalue weighted by Gasteiger charge is 2.07. The van der Waals surface area contributed by atoms with Crippen LogP contribution in [-0.4, -0.2) is 16.0 Å². The van der Waals surface area contributed by atoms with Crippen LogP contribution in [0.4, 0.5) is 15.1 Å². The van der Waals surface area contributed by atoms with Gasteiger partial charge in [0.05, 0.1) is 10.7 Å². The number of rotatable bonds is 2. The highest BCUT2D eigenvalue weighted by Crippen LogP contribution is 2.24. The minimum Gasteiger partial charge on any atom is -0.390 e. The van der Waals surface area contributed by atoms with Crippen molar-refractivity contribution in [3.05, 3.63) is 41.2 Å². The zero-order valence-corrected chi connectivity index (χ0v) is 11.0. The third-order valence-corrected chi connectivity index (χ3v) is 3.50. The SMILES string of the molecule is Cn1cc2cc(N=Cc3ccsc3N)cc(F)c2n1. The number of benzene rings is 1. The minimum atomic E-state index is -0.372. The number of anilines is 1. The van der Waals surface area contributed by atoms with Gasteiger partial charge in [0.2, 0.25) is 0 Å². The third kappa shape index (κ3) is 2.22. The first kappa shape index (κ1) is 11.9. The fourth-order valence-electron chi connectivity index (χ4n) is 1.85. The van der Waals surface area contributed by atoms with Crippen LogP contribution in [0, 0.1) is 5.82 Å². The third-order valence-electron chi connectivity index (χ3n) is 2.74. The Bertz CT molecular complexity index is 772. The van der Waals surface area contributed by atoms with E-state index in [0.717, 1.165) is 10.9 Å². The number of aliphatic imine (C=N–C) groups is 1. The zero-order valence-electron chi connectivity index (χ0n) is 10.2. The van der Waals surface area contributed by atoms with Crippen molar-refractivity contribution in [2.75, 3.05) is 5.73 Å². The van der Waals surface area contributed by atoms with Gasteiger partial charge in [-0.1, -0.05) is 0 Å². The molecule has 3 rings (SSSR count). The Kier molecular flexibility index (Phi) is 2.79. The summed E-state index contributed by atoms with van der Waals surface area (Å²) in [5, 5.41) is 7.37.